The van der Waals surface area contributed by atoms with Gasteiger partial charge in [-0.05, 0) is 12.8 Å². The van der Waals surface area contributed by atoms with Gasteiger partial charge in [0.25, 0.3) is 0 Å². The molecule has 0 aromatic carbocycles. The molecule has 0 bridgehead atoms. The number of hydrogen-bond donors (Lipinski definition) is 1. The minimum atomic E-state index is -0.392. The molecule has 1 saturated carbocycles. The van der Waals surface area contributed by atoms with Crippen LogP contribution in [0.25, 0.3) is 0 Å². The SMILES string of the molecule is O=C1CC=NN1C1CCCCCC1O. The highest BCUT2D eigenvalue weighted by Crippen LogP contribution is 2.24. The fourth-order valence-electron chi connectivity index (χ4n) is 2.19. The smallest absolute Gasteiger partial charge is 0.248 e. The molecule has 2 atom stereocenters. The van der Waals surface area contributed by atoms with Crippen molar-refractivity contribution in [3.05, 3.63) is 0 Å². The van der Waals surface area contributed by atoms with Crippen molar-refractivity contribution < 1.29 is 9.90 Å². The summed E-state index contributed by atoms with van der Waals surface area (Å²) in [7, 11) is 0. The molecule has 0 aromatic rings. The van der Waals surface area contributed by atoms with E-state index >= 15 is 0 Å². The van der Waals surface area contributed by atoms with Crippen LogP contribution in [0.3, 0.4) is 0 Å². The van der Waals surface area contributed by atoms with Crippen LogP contribution in [0.4, 0.5) is 0 Å². The van der Waals surface area contributed by atoms with Crippen LogP contribution >= 0.6 is 0 Å². The first-order valence-corrected chi connectivity index (χ1v) is 5.31. The Hall–Kier alpha value is -0.900. The Morgan fingerprint density at radius 1 is 1.36 bits per heavy atom. The molecule has 1 amide bonds. The second-order valence-electron chi connectivity index (χ2n) is 4.01. The van der Waals surface area contributed by atoms with E-state index in [0.717, 1.165) is 32.1 Å². The Labute approximate surface area is 83.6 Å². The van der Waals surface area contributed by atoms with Crippen molar-refractivity contribution in [2.45, 2.75) is 50.7 Å². The molecule has 1 N–H and O–H groups in total. The van der Waals surface area contributed by atoms with Crippen molar-refractivity contribution in [1.82, 2.24) is 5.01 Å². The van der Waals surface area contributed by atoms with E-state index in [4.69, 9.17) is 0 Å². The van der Waals surface area contributed by atoms with Gasteiger partial charge in [0.15, 0.2) is 0 Å². The molecule has 2 aliphatic rings. The number of amides is 1. The number of carbonyl (C=O) groups is 1. The lowest BCUT2D eigenvalue weighted by Crippen LogP contribution is -2.41. The molecule has 1 aliphatic carbocycles. The van der Waals surface area contributed by atoms with E-state index in [9.17, 15) is 9.90 Å². The fourth-order valence-corrected chi connectivity index (χ4v) is 2.19. The summed E-state index contributed by atoms with van der Waals surface area (Å²) in [6.45, 7) is 0. The van der Waals surface area contributed by atoms with E-state index in [-0.39, 0.29) is 11.9 Å². The van der Waals surface area contributed by atoms with E-state index < -0.39 is 6.10 Å². The third-order valence-electron chi connectivity index (χ3n) is 2.99. The quantitative estimate of drug-likeness (QED) is 0.633. The molecule has 2 rings (SSSR count). The topological polar surface area (TPSA) is 52.9 Å². The molecule has 0 saturated heterocycles. The van der Waals surface area contributed by atoms with Gasteiger partial charge in [-0.1, -0.05) is 19.3 Å². The normalized spacial score (nSPS) is 33.5. The van der Waals surface area contributed by atoms with Crippen LogP contribution in [0.2, 0.25) is 0 Å². The van der Waals surface area contributed by atoms with Gasteiger partial charge < -0.3 is 5.11 Å². The van der Waals surface area contributed by atoms with Crippen molar-refractivity contribution in [2.75, 3.05) is 0 Å². The molecule has 4 nitrogen and oxygen atoms in total. The summed E-state index contributed by atoms with van der Waals surface area (Å²) in [5.41, 5.74) is 0. The van der Waals surface area contributed by atoms with E-state index in [2.05, 4.69) is 5.10 Å². The molecular weight excluding hydrogens is 180 g/mol. The van der Waals surface area contributed by atoms with Crippen LogP contribution < -0.4 is 0 Å². The lowest BCUT2D eigenvalue weighted by Gasteiger charge is -2.27. The van der Waals surface area contributed by atoms with E-state index in [1.165, 1.54) is 5.01 Å². The highest BCUT2D eigenvalue weighted by molar-refractivity contribution is 5.94. The molecule has 78 valence electrons. The minimum absolute atomic E-state index is 0.0240. The van der Waals surface area contributed by atoms with E-state index in [1.54, 1.807) is 6.21 Å². The van der Waals surface area contributed by atoms with Gasteiger partial charge in [0.05, 0.1) is 18.6 Å². The highest BCUT2D eigenvalue weighted by atomic mass is 16.3. The summed E-state index contributed by atoms with van der Waals surface area (Å²) in [4.78, 5) is 11.4. The van der Waals surface area contributed by atoms with Crippen LogP contribution in [0, 0.1) is 0 Å². The zero-order valence-electron chi connectivity index (χ0n) is 8.22. The highest BCUT2D eigenvalue weighted by Gasteiger charge is 2.32. The van der Waals surface area contributed by atoms with Crippen molar-refractivity contribution in [2.24, 2.45) is 5.10 Å². The number of hydrogen-bond acceptors (Lipinski definition) is 3. The summed E-state index contributed by atoms with van der Waals surface area (Å²) >= 11 is 0. The molecule has 1 heterocycles. The number of aliphatic hydroxyl groups excluding tert-OH is 1. The maximum absolute atomic E-state index is 11.4. The van der Waals surface area contributed by atoms with Crippen molar-refractivity contribution in [1.29, 1.82) is 0 Å². The van der Waals surface area contributed by atoms with Crippen molar-refractivity contribution in [3.63, 3.8) is 0 Å². The summed E-state index contributed by atoms with van der Waals surface area (Å²) in [6, 6.07) is -0.0799. The van der Waals surface area contributed by atoms with Gasteiger partial charge in [-0.2, -0.15) is 5.10 Å². The molecule has 1 fully saturated rings. The number of nitrogens with zero attached hydrogens (tertiary/aromatic N) is 2. The molecule has 0 spiro atoms. The zero-order valence-corrected chi connectivity index (χ0v) is 8.22. The first-order valence-electron chi connectivity index (χ1n) is 5.31. The predicted molar refractivity (Wildman–Crippen MR) is 52.8 cm³/mol. The Bertz CT molecular complexity index is 253. The molecular formula is C10H16N2O2. The molecule has 4 heteroatoms. The summed E-state index contributed by atoms with van der Waals surface area (Å²) in [5.74, 6) is 0.0240. The van der Waals surface area contributed by atoms with Crippen LogP contribution in [0.1, 0.15) is 38.5 Å². The van der Waals surface area contributed by atoms with Crippen LogP contribution in [-0.2, 0) is 4.79 Å². The molecule has 14 heavy (non-hydrogen) atoms. The Morgan fingerprint density at radius 3 is 2.86 bits per heavy atom. The Morgan fingerprint density at radius 2 is 2.14 bits per heavy atom. The first-order chi connectivity index (χ1) is 6.79. The maximum Gasteiger partial charge on any atom is 0.248 e. The van der Waals surface area contributed by atoms with Crippen molar-refractivity contribution in [3.8, 4) is 0 Å². The van der Waals surface area contributed by atoms with Gasteiger partial charge in [-0.3, -0.25) is 4.79 Å². The number of rotatable bonds is 1. The van der Waals surface area contributed by atoms with E-state index in [1.807, 2.05) is 0 Å². The second kappa shape index (κ2) is 4.09. The largest absolute Gasteiger partial charge is 0.391 e. The zero-order chi connectivity index (χ0) is 9.97. The Kier molecular flexibility index (Phi) is 2.82. The van der Waals surface area contributed by atoms with Gasteiger partial charge >= 0.3 is 0 Å². The van der Waals surface area contributed by atoms with Gasteiger partial charge in [-0.25, -0.2) is 5.01 Å². The van der Waals surface area contributed by atoms with Crippen LogP contribution in [0.5, 0.6) is 0 Å². The third kappa shape index (κ3) is 1.80. The third-order valence-corrected chi connectivity index (χ3v) is 2.99. The first kappa shape index (κ1) is 9.65. The predicted octanol–water partition coefficient (Wildman–Crippen LogP) is 0.898. The average Bonchev–Trinajstić information content (AvgIpc) is 2.46. The maximum atomic E-state index is 11.4. The standard InChI is InChI=1S/C10H16N2O2/c13-9-5-3-1-2-4-8(9)12-10(14)6-7-11-12/h7-9,13H,1-6H2. The van der Waals surface area contributed by atoms with Crippen LogP contribution in [-0.4, -0.2) is 34.4 Å². The minimum Gasteiger partial charge on any atom is -0.391 e. The monoisotopic (exact) mass is 196 g/mol. The Balaban J connectivity index is 2.06. The van der Waals surface area contributed by atoms with Gasteiger partial charge in [-0.15, -0.1) is 0 Å². The second-order valence-corrected chi connectivity index (χ2v) is 4.01. The molecule has 0 aromatic heterocycles. The van der Waals surface area contributed by atoms with Crippen LogP contribution in [0.15, 0.2) is 5.10 Å². The number of carbonyl (C=O) groups excluding carboxylic acids is 1. The lowest BCUT2D eigenvalue weighted by atomic mass is 10.1. The average molecular weight is 196 g/mol. The number of hydrazone groups is 1. The molecule has 2 unspecified atom stereocenters. The summed E-state index contributed by atoms with van der Waals surface area (Å²) < 4.78 is 0. The van der Waals surface area contributed by atoms with Gasteiger partial charge in [0.2, 0.25) is 5.91 Å². The van der Waals surface area contributed by atoms with Gasteiger partial charge in [0.1, 0.15) is 0 Å². The molecule has 1 aliphatic heterocycles. The van der Waals surface area contributed by atoms with Crippen molar-refractivity contribution >= 4 is 12.1 Å². The summed E-state index contributed by atoms with van der Waals surface area (Å²) in [6.07, 6.45) is 6.60. The number of aliphatic hydroxyl groups is 1. The lowest BCUT2D eigenvalue weighted by molar-refractivity contribution is -0.133. The van der Waals surface area contributed by atoms with E-state index in [0.29, 0.717) is 6.42 Å². The van der Waals surface area contributed by atoms with Gasteiger partial charge in [0, 0.05) is 6.21 Å². The summed E-state index contributed by atoms with van der Waals surface area (Å²) in [5, 5.41) is 15.4. The fraction of sp³-hybridized carbons (Fsp3) is 0.800. The molecule has 0 radical (unpaired) electrons.